The van der Waals surface area contributed by atoms with Crippen molar-refractivity contribution >= 4 is 29.2 Å². The average Bonchev–Trinajstić information content (AvgIpc) is 2.05. The van der Waals surface area contributed by atoms with E-state index in [-0.39, 0.29) is 0 Å². The molecule has 0 bridgehead atoms. The summed E-state index contributed by atoms with van der Waals surface area (Å²) in [5, 5.41) is 8.85. The van der Waals surface area contributed by atoms with E-state index < -0.39 is 0 Å². The Balaban J connectivity index is 2.30. The molecule has 1 aliphatic heterocycles. The lowest BCUT2D eigenvalue weighted by Gasteiger charge is -2.31. The van der Waals surface area contributed by atoms with Crippen molar-refractivity contribution in [3.8, 4) is 0 Å². The second-order valence-electron chi connectivity index (χ2n) is 2.90. The lowest BCUT2D eigenvalue weighted by atomic mass is 9.98. The van der Waals surface area contributed by atoms with Gasteiger partial charge in [0.05, 0.1) is 0 Å². The van der Waals surface area contributed by atoms with E-state index >= 15 is 0 Å². The first-order valence-corrected chi connectivity index (χ1v) is 4.68. The Morgan fingerprint density at radius 3 is 2.45 bits per heavy atom. The second kappa shape index (κ2) is 4.28. The van der Waals surface area contributed by atoms with Gasteiger partial charge in [-0.1, -0.05) is 12.2 Å². The van der Waals surface area contributed by atoms with Gasteiger partial charge in [-0.25, -0.2) is 0 Å². The number of rotatable bonds is 1. The largest absolute Gasteiger partial charge is 0.396 e. The van der Waals surface area contributed by atoms with Crippen LogP contribution in [-0.2, 0) is 0 Å². The molecule has 1 heterocycles. The average molecular weight is 191 g/mol. The van der Waals surface area contributed by atoms with Gasteiger partial charge in [-0.15, -0.1) is 12.6 Å². The molecule has 0 spiro atoms. The van der Waals surface area contributed by atoms with Crippen molar-refractivity contribution in [2.75, 3.05) is 19.7 Å². The van der Waals surface area contributed by atoms with Gasteiger partial charge in [0.1, 0.15) is 4.32 Å². The van der Waals surface area contributed by atoms with Crippen LogP contribution < -0.4 is 0 Å². The van der Waals surface area contributed by atoms with E-state index in [0.717, 1.165) is 25.9 Å². The lowest BCUT2D eigenvalue weighted by Crippen LogP contribution is -2.36. The maximum atomic E-state index is 8.85. The Labute approximate surface area is 78.0 Å². The van der Waals surface area contributed by atoms with Crippen LogP contribution in [0.15, 0.2) is 0 Å². The molecule has 0 atom stereocenters. The van der Waals surface area contributed by atoms with Gasteiger partial charge in [0.25, 0.3) is 0 Å². The predicted octanol–water partition coefficient (Wildman–Crippen LogP) is 0.905. The molecule has 1 rings (SSSR count). The van der Waals surface area contributed by atoms with Crippen LogP contribution >= 0.6 is 24.8 Å². The zero-order valence-corrected chi connectivity index (χ0v) is 8.07. The number of aliphatic hydroxyl groups excluding tert-OH is 1. The van der Waals surface area contributed by atoms with Crippen molar-refractivity contribution in [2.45, 2.75) is 12.8 Å². The summed E-state index contributed by atoms with van der Waals surface area (Å²) in [6.45, 7) is 2.22. The predicted molar refractivity (Wildman–Crippen MR) is 53.0 cm³/mol. The second-order valence-corrected chi connectivity index (χ2v) is 4.01. The molecule has 0 aromatic carbocycles. The number of hydrogen-bond acceptors (Lipinski definition) is 2. The van der Waals surface area contributed by atoms with Gasteiger partial charge in [-0.05, 0) is 18.8 Å². The fourth-order valence-corrected chi connectivity index (χ4v) is 1.69. The summed E-state index contributed by atoms with van der Waals surface area (Å²) < 4.78 is 0.682. The molecule has 1 saturated heterocycles. The summed E-state index contributed by atoms with van der Waals surface area (Å²) in [4.78, 5) is 2.07. The molecule has 11 heavy (non-hydrogen) atoms. The molecular formula is C7H13NOS2. The number of aliphatic hydroxyl groups is 1. The summed E-state index contributed by atoms with van der Waals surface area (Å²) in [6, 6.07) is 0. The highest BCUT2D eigenvalue weighted by Crippen LogP contribution is 2.17. The van der Waals surface area contributed by atoms with Gasteiger partial charge < -0.3 is 10.0 Å². The van der Waals surface area contributed by atoms with Crippen LogP contribution in [0, 0.1) is 5.92 Å². The molecular weight excluding hydrogens is 178 g/mol. The Morgan fingerprint density at radius 2 is 2.09 bits per heavy atom. The summed E-state index contributed by atoms with van der Waals surface area (Å²) in [6.07, 6.45) is 2.08. The minimum atomic E-state index is 0.313. The molecule has 0 radical (unpaired) electrons. The lowest BCUT2D eigenvalue weighted by molar-refractivity contribution is 0.168. The molecule has 1 N–H and O–H groups in total. The highest BCUT2D eigenvalue weighted by molar-refractivity contribution is 8.10. The number of thiol groups is 1. The van der Waals surface area contributed by atoms with Crippen molar-refractivity contribution in [3.63, 3.8) is 0 Å². The highest BCUT2D eigenvalue weighted by Gasteiger charge is 2.18. The topological polar surface area (TPSA) is 23.5 Å². The van der Waals surface area contributed by atoms with Crippen LogP contribution in [0.4, 0.5) is 0 Å². The molecule has 0 aromatic rings. The Morgan fingerprint density at radius 1 is 1.55 bits per heavy atom. The quantitative estimate of drug-likeness (QED) is 0.476. The van der Waals surface area contributed by atoms with Crippen molar-refractivity contribution in [1.29, 1.82) is 0 Å². The number of thiocarbonyl (C=S) groups is 1. The summed E-state index contributed by atoms with van der Waals surface area (Å²) in [5.74, 6) is 0.480. The monoisotopic (exact) mass is 191 g/mol. The fourth-order valence-electron chi connectivity index (χ4n) is 1.31. The molecule has 2 nitrogen and oxygen atoms in total. The summed E-state index contributed by atoms with van der Waals surface area (Å²) >= 11 is 9.01. The molecule has 1 aliphatic rings. The highest BCUT2D eigenvalue weighted by atomic mass is 32.1. The van der Waals surface area contributed by atoms with Crippen molar-refractivity contribution < 1.29 is 5.11 Å². The Kier molecular flexibility index (Phi) is 3.62. The van der Waals surface area contributed by atoms with E-state index in [9.17, 15) is 0 Å². The number of likely N-dealkylation sites (tertiary alicyclic amines) is 1. The van der Waals surface area contributed by atoms with Gasteiger partial charge in [0.15, 0.2) is 0 Å². The molecule has 1 fully saturated rings. The first-order valence-electron chi connectivity index (χ1n) is 3.82. The third-order valence-electron chi connectivity index (χ3n) is 2.14. The standard InChI is InChI=1S/C7H13NOS2/c9-5-6-1-3-8(4-2-6)7(10)11/h6,9H,1-5H2,(H,10,11). The summed E-state index contributed by atoms with van der Waals surface area (Å²) in [7, 11) is 0. The Hall–Kier alpha value is 0.200. The van der Waals surface area contributed by atoms with E-state index in [1.54, 1.807) is 0 Å². The molecule has 64 valence electrons. The zero-order chi connectivity index (χ0) is 8.27. The first-order chi connectivity index (χ1) is 5.24. The van der Waals surface area contributed by atoms with Crippen LogP contribution in [0.25, 0.3) is 0 Å². The number of nitrogens with zero attached hydrogens (tertiary/aromatic N) is 1. The molecule has 0 amide bonds. The SMILES string of the molecule is OCC1CCN(C(=S)S)CC1. The van der Waals surface area contributed by atoms with Gasteiger partial charge >= 0.3 is 0 Å². The summed E-state index contributed by atoms with van der Waals surface area (Å²) in [5.41, 5.74) is 0. The third-order valence-corrected chi connectivity index (χ3v) is 2.68. The molecule has 4 heteroatoms. The van der Waals surface area contributed by atoms with Gasteiger partial charge in [-0.3, -0.25) is 0 Å². The van der Waals surface area contributed by atoms with Crippen LogP contribution in [0.1, 0.15) is 12.8 Å². The maximum absolute atomic E-state index is 8.85. The Bertz CT molecular complexity index is 143. The van der Waals surface area contributed by atoms with Gasteiger partial charge in [0, 0.05) is 19.7 Å². The first kappa shape index (κ1) is 9.29. The van der Waals surface area contributed by atoms with E-state index in [4.69, 9.17) is 17.3 Å². The molecule has 0 aliphatic carbocycles. The zero-order valence-electron chi connectivity index (χ0n) is 6.36. The van der Waals surface area contributed by atoms with Crippen molar-refractivity contribution in [3.05, 3.63) is 0 Å². The van der Waals surface area contributed by atoms with Crippen LogP contribution in [0.3, 0.4) is 0 Å². The van der Waals surface area contributed by atoms with Gasteiger partial charge in [0.2, 0.25) is 0 Å². The maximum Gasteiger partial charge on any atom is 0.133 e. The van der Waals surface area contributed by atoms with E-state index in [0.29, 0.717) is 16.8 Å². The third kappa shape index (κ3) is 2.61. The van der Waals surface area contributed by atoms with Crippen LogP contribution in [0.2, 0.25) is 0 Å². The van der Waals surface area contributed by atoms with E-state index in [2.05, 4.69) is 17.5 Å². The molecule has 0 saturated carbocycles. The van der Waals surface area contributed by atoms with Crippen molar-refractivity contribution in [2.24, 2.45) is 5.92 Å². The van der Waals surface area contributed by atoms with E-state index in [1.165, 1.54) is 0 Å². The van der Waals surface area contributed by atoms with Crippen LogP contribution in [-0.4, -0.2) is 34.0 Å². The van der Waals surface area contributed by atoms with Gasteiger partial charge in [-0.2, -0.15) is 0 Å². The molecule has 0 aromatic heterocycles. The number of piperidine rings is 1. The minimum Gasteiger partial charge on any atom is -0.396 e. The smallest absolute Gasteiger partial charge is 0.133 e. The van der Waals surface area contributed by atoms with Crippen molar-refractivity contribution in [1.82, 2.24) is 4.90 Å². The van der Waals surface area contributed by atoms with Crippen LogP contribution in [0.5, 0.6) is 0 Å². The number of hydrogen-bond donors (Lipinski definition) is 2. The molecule has 0 unspecified atom stereocenters. The normalized spacial score (nSPS) is 20.4. The minimum absolute atomic E-state index is 0.313. The fraction of sp³-hybridized carbons (Fsp3) is 0.857. The van der Waals surface area contributed by atoms with E-state index in [1.807, 2.05) is 0 Å².